The van der Waals surface area contributed by atoms with E-state index in [9.17, 15) is 14.7 Å². The van der Waals surface area contributed by atoms with Crippen molar-refractivity contribution in [3.63, 3.8) is 0 Å². The van der Waals surface area contributed by atoms with Crippen molar-refractivity contribution in [2.75, 3.05) is 4.90 Å². The van der Waals surface area contributed by atoms with E-state index in [0.717, 1.165) is 10.0 Å². The molecule has 0 fully saturated rings. The van der Waals surface area contributed by atoms with E-state index in [0.29, 0.717) is 23.0 Å². The molecule has 0 aliphatic heterocycles. The number of carboxylic acid groups (broad SMARTS) is 1. The SMILES string of the molecule is O=CN(c1cnc2ccccc2n1)c1scc(-c2ccc(Br)cc2)c1C(=O)O. The van der Waals surface area contributed by atoms with Crippen LogP contribution in [0.4, 0.5) is 10.8 Å². The van der Waals surface area contributed by atoms with E-state index < -0.39 is 5.97 Å². The highest BCUT2D eigenvalue weighted by Crippen LogP contribution is 2.40. The number of aromatic carboxylic acids is 1. The normalized spacial score (nSPS) is 10.8. The zero-order valence-corrected chi connectivity index (χ0v) is 16.6. The Morgan fingerprint density at radius 3 is 2.50 bits per heavy atom. The molecule has 0 radical (unpaired) electrons. The molecule has 1 N–H and O–H groups in total. The molecule has 28 heavy (non-hydrogen) atoms. The number of benzene rings is 2. The van der Waals surface area contributed by atoms with E-state index in [-0.39, 0.29) is 16.4 Å². The van der Waals surface area contributed by atoms with Crippen LogP contribution >= 0.6 is 27.3 Å². The lowest BCUT2D eigenvalue weighted by Crippen LogP contribution is -2.17. The van der Waals surface area contributed by atoms with E-state index in [4.69, 9.17) is 0 Å². The quantitative estimate of drug-likeness (QED) is 0.424. The Bertz CT molecular complexity index is 1190. The van der Waals surface area contributed by atoms with Crippen molar-refractivity contribution in [1.82, 2.24) is 9.97 Å². The van der Waals surface area contributed by atoms with Crippen LogP contribution < -0.4 is 4.90 Å². The summed E-state index contributed by atoms with van der Waals surface area (Å²) in [4.78, 5) is 33.9. The number of halogens is 1. The summed E-state index contributed by atoms with van der Waals surface area (Å²) in [7, 11) is 0. The fourth-order valence-electron chi connectivity index (χ4n) is 2.84. The van der Waals surface area contributed by atoms with Crippen LogP contribution in [-0.2, 0) is 4.79 Å². The van der Waals surface area contributed by atoms with Gasteiger partial charge in [-0.25, -0.2) is 9.78 Å². The van der Waals surface area contributed by atoms with Gasteiger partial charge in [0.1, 0.15) is 10.6 Å². The maximum absolute atomic E-state index is 12.0. The number of amides is 1. The molecule has 1 amide bonds. The van der Waals surface area contributed by atoms with Gasteiger partial charge >= 0.3 is 5.97 Å². The zero-order chi connectivity index (χ0) is 19.7. The molecule has 2 heterocycles. The highest BCUT2D eigenvalue weighted by Gasteiger charge is 2.25. The monoisotopic (exact) mass is 453 g/mol. The third kappa shape index (κ3) is 3.28. The molecule has 4 rings (SSSR count). The van der Waals surface area contributed by atoms with Crippen LogP contribution in [0.1, 0.15) is 10.4 Å². The Kier molecular flexibility index (Phi) is 4.89. The van der Waals surface area contributed by atoms with Crippen molar-refractivity contribution in [2.24, 2.45) is 0 Å². The highest BCUT2D eigenvalue weighted by molar-refractivity contribution is 9.10. The Balaban J connectivity index is 1.85. The first kappa shape index (κ1) is 18.3. The van der Waals surface area contributed by atoms with Crippen molar-refractivity contribution in [3.05, 3.63) is 70.1 Å². The summed E-state index contributed by atoms with van der Waals surface area (Å²) in [6.07, 6.45) is 2.02. The summed E-state index contributed by atoms with van der Waals surface area (Å²) in [5.74, 6) is -0.852. The Labute approximate surface area is 172 Å². The Morgan fingerprint density at radius 1 is 1.11 bits per heavy atom. The molecule has 0 unspecified atom stereocenters. The van der Waals surface area contributed by atoms with Crippen LogP contribution in [0.5, 0.6) is 0 Å². The van der Waals surface area contributed by atoms with Gasteiger partial charge in [-0.3, -0.25) is 14.7 Å². The van der Waals surface area contributed by atoms with Crippen molar-refractivity contribution in [3.8, 4) is 11.1 Å². The summed E-state index contributed by atoms with van der Waals surface area (Å²) in [5.41, 5.74) is 2.65. The summed E-state index contributed by atoms with van der Waals surface area (Å²) < 4.78 is 0.893. The molecule has 0 saturated heterocycles. The van der Waals surface area contributed by atoms with E-state index in [2.05, 4.69) is 25.9 Å². The van der Waals surface area contributed by atoms with E-state index in [1.54, 1.807) is 11.4 Å². The third-order valence-electron chi connectivity index (χ3n) is 4.15. The molecule has 0 aliphatic carbocycles. The molecule has 2 aromatic carbocycles. The van der Waals surface area contributed by atoms with Gasteiger partial charge in [-0.2, -0.15) is 0 Å². The fraction of sp³-hybridized carbons (Fsp3) is 0. The predicted octanol–water partition coefficient (Wildman–Crippen LogP) is 5.11. The average molecular weight is 454 g/mol. The van der Waals surface area contributed by atoms with E-state index in [1.807, 2.05) is 42.5 Å². The highest BCUT2D eigenvalue weighted by atomic mass is 79.9. The van der Waals surface area contributed by atoms with E-state index >= 15 is 0 Å². The number of thiophene rings is 1. The van der Waals surface area contributed by atoms with Gasteiger partial charge in [-0.1, -0.05) is 40.2 Å². The lowest BCUT2D eigenvalue weighted by Gasteiger charge is -2.16. The second-order valence-electron chi connectivity index (χ2n) is 5.83. The van der Waals surface area contributed by atoms with Gasteiger partial charge in [0, 0.05) is 15.4 Å². The fourth-order valence-corrected chi connectivity index (χ4v) is 4.16. The largest absolute Gasteiger partial charge is 0.478 e. The molecule has 0 bridgehead atoms. The number of para-hydroxylation sites is 2. The minimum absolute atomic E-state index is 0.0504. The van der Waals surface area contributed by atoms with Gasteiger partial charge in [0.2, 0.25) is 6.41 Å². The van der Waals surface area contributed by atoms with Gasteiger partial charge in [-0.05, 0) is 29.8 Å². The topological polar surface area (TPSA) is 83.4 Å². The molecule has 0 aliphatic rings. The number of hydrogen-bond acceptors (Lipinski definition) is 5. The molecular weight excluding hydrogens is 442 g/mol. The number of carboxylic acids is 1. The van der Waals surface area contributed by atoms with Crippen molar-refractivity contribution in [2.45, 2.75) is 0 Å². The number of fused-ring (bicyclic) bond motifs is 1. The molecule has 0 atom stereocenters. The van der Waals surface area contributed by atoms with Crippen LogP contribution in [0, 0.1) is 0 Å². The summed E-state index contributed by atoms with van der Waals surface area (Å²) in [6, 6.07) is 14.6. The first-order valence-corrected chi connectivity index (χ1v) is 9.83. The van der Waals surface area contributed by atoms with Crippen LogP contribution in [0.3, 0.4) is 0 Å². The molecule has 6 nitrogen and oxygen atoms in total. The van der Waals surface area contributed by atoms with Crippen molar-refractivity contribution in [1.29, 1.82) is 0 Å². The summed E-state index contributed by atoms with van der Waals surface area (Å²) >= 11 is 4.54. The van der Waals surface area contributed by atoms with Crippen molar-refractivity contribution < 1.29 is 14.7 Å². The van der Waals surface area contributed by atoms with Crippen LogP contribution in [0.15, 0.2) is 64.6 Å². The molecule has 4 aromatic rings. The second kappa shape index (κ2) is 7.49. The number of carbonyl (C=O) groups is 2. The number of anilines is 2. The number of nitrogens with zero attached hydrogens (tertiary/aromatic N) is 3. The Hall–Kier alpha value is -3.10. The van der Waals surface area contributed by atoms with Crippen LogP contribution in [0.25, 0.3) is 22.2 Å². The summed E-state index contributed by atoms with van der Waals surface area (Å²) in [5, 5.41) is 11.8. The first-order chi connectivity index (χ1) is 13.6. The number of aromatic nitrogens is 2. The van der Waals surface area contributed by atoms with Gasteiger partial charge in [-0.15, -0.1) is 11.3 Å². The smallest absolute Gasteiger partial charge is 0.339 e. The lowest BCUT2D eigenvalue weighted by atomic mass is 10.0. The standard InChI is InChI=1S/C20H12BrN3O3S/c21-13-7-5-12(6-8-13)14-10-28-19(18(14)20(26)27)24(11-25)17-9-22-15-3-1-2-4-16(15)23-17/h1-11H,(H,26,27). The Morgan fingerprint density at radius 2 is 1.82 bits per heavy atom. The average Bonchev–Trinajstić information content (AvgIpc) is 3.14. The maximum atomic E-state index is 12.0. The number of hydrogen-bond donors (Lipinski definition) is 1. The maximum Gasteiger partial charge on any atom is 0.339 e. The number of carbonyl (C=O) groups excluding carboxylic acids is 1. The minimum Gasteiger partial charge on any atom is -0.478 e. The zero-order valence-electron chi connectivity index (χ0n) is 14.2. The van der Waals surface area contributed by atoms with Gasteiger partial charge < -0.3 is 5.11 Å². The second-order valence-corrected chi connectivity index (χ2v) is 7.61. The first-order valence-electron chi connectivity index (χ1n) is 8.15. The molecule has 2 aromatic heterocycles. The molecule has 0 saturated carbocycles. The van der Waals surface area contributed by atoms with Crippen LogP contribution in [0.2, 0.25) is 0 Å². The molecule has 8 heteroatoms. The molecule has 138 valence electrons. The van der Waals surface area contributed by atoms with E-state index in [1.165, 1.54) is 22.4 Å². The predicted molar refractivity (Wildman–Crippen MR) is 112 cm³/mol. The van der Waals surface area contributed by atoms with Crippen LogP contribution in [-0.4, -0.2) is 27.5 Å². The van der Waals surface area contributed by atoms with Gasteiger partial charge in [0.25, 0.3) is 0 Å². The van der Waals surface area contributed by atoms with Gasteiger partial charge in [0.15, 0.2) is 5.82 Å². The van der Waals surface area contributed by atoms with Crippen molar-refractivity contribution >= 4 is 61.5 Å². The minimum atomic E-state index is -1.12. The third-order valence-corrected chi connectivity index (χ3v) is 5.65. The summed E-state index contributed by atoms with van der Waals surface area (Å²) in [6.45, 7) is 0. The van der Waals surface area contributed by atoms with Gasteiger partial charge in [0.05, 0.1) is 17.2 Å². The molecule has 0 spiro atoms. The number of rotatable bonds is 5. The lowest BCUT2D eigenvalue weighted by molar-refractivity contribution is -0.106. The molecular formula is C20H12BrN3O3S.